The molecule has 0 aliphatic carbocycles. The number of anilines is 13. The van der Waals surface area contributed by atoms with Crippen LogP contribution in [0.5, 0.6) is 11.5 Å². The van der Waals surface area contributed by atoms with Gasteiger partial charge in [-0.2, -0.15) is 0 Å². The van der Waals surface area contributed by atoms with Gasteiger partial charge in [-0.15, -0.1) is 0 Å². The molecule has 6 heteroatoms. The summed E-state index contributed by atoms with van der Waals surface area (Å²) in [6, 6.07) is 102. The van der Waals surface area contributed by atoms with Gasteiger partial charge in [-0.1, -0.05) is 164 Å². The molecule has 0 aromatic heterocycles. The van der Waals surface area contributed by atoms with E-state index in [0.717, 1.165) is 130 Å². The lowest BCUT2D eigenvalue weighted by Gasteiger charge is -2.40. The molecule has 0 N–H and O–H groups in total. The summed E-state index contributed by atoms with van der Waals surface area (Å²) in [7, 11) is 0. The van der Waals surface area contributed by atoms with Crippen molar-refractivity contribution in [2.75, 3.05) is 37.6 Å². The van der Waals surface area contributed by atoms with Crippen molar-refractivity contribution in [2.24, 2.45) is 0 Å². The van der Waals surface area contributed by atoms with Crippen molar-refractivity contribution < 1.29 is 4.74 Å². The first kappa shape index (κ1) is 47.9. The monoisotopic (exact) mass is 1010 g/mol. The Bertz CT molecular complexity index is 3610. The molecule has 0 unspecified atom stereocenters. The maximum Gasteiger partial charge on any atom is 0.134 e. The van der Waals surface area contributed by atoms with Gasteiger partial charge < -0.3 is 29.2 Å². The Hall–Kier alpha value is -9.78. The molecule has 6 nitrogen and oxygen atoms in total. The predicted octanol–water partition coefficient (Wildman–Crippen LogP) is 19.7. The molecule has 11 aromatic carbocycles. The fourth-order valence-corrected chi connectivity index (χ4v) is 11.6. The number of ether oxygens (including phenoxy) is 1. The van der Waals surface area contributed by atoms with Crippen LogP contribution in [0.3, 0.4) is 0 Å². The highest BCUT2D eigenvalue weighted by Gasteiger charge is 2.32. The summed E-state index contributed by atoms with van der Waals surface area (Å²) >= 11 is 0. The first-order chi connectivity index (χ1) is 38.7. The number of hydrogen-bond donors (Lipinski definition) is 0. The van der Waals surface area contributed by atoms with Gasteiger partial charge in [0.15, 0.2) is 0 Å². The minimum atomic E-state index is 0.839. The molecule has 78 heavy (non-hydrogen) atoms. The molecule has 0 radical (unpaired) electrons. The van der Waals surface area contributed by atoms with Crippen molar-refractivity contribution in [3.05, 3.63) is 296 Å². The van der Waals surface area contributed by atoms with E-state index in [1.807, 2.05) is 6.07 Å². The molecule has 2 heterocycles. The summed E-state index contributed by atoms with van der Waals surface area (Å²) in [5, 5.41) is 0. The lowest BCUT2D eigenvalue weighted by molar-refractivity contribution is 0.471. The van der Waals surface area contributed by atoms with Crippen LogP contribution in [-0.4, -0.2) is 13.1 Å². The maximum absolute atomic E-state index is 6.96. The zero-order valence-corrected chi connectivity index (χ0v) is 43.5. The third-order valence-electron chi connectivity index (χ3n) is 15.0. The fraction of sp³-hybridized carbons (Fsp3) is 0.0833. The summed E-state index contributed by atoms with van der Waals surface area (Å²) in [5.41, 5.74) is 18.8. The lowest BCUT2D eigenvalue weighted by atomic mass is 9.89. The number of para-hydroxylation sites is 7. The minimum Gasteiger partial charge on any atom is -0.457 e. The van der Waals surface area contributed by atoms with Gasteiger partial charge in [0, 0.05) is 81.3 Å². The first-order valence-electron chi connectivity index (χ1n) is 27.2. The van der Waals surface area contributed by atoms with E-state index in [1.54, 1.807) is 0 Å². The molecular weight excluding hydrogens is 951 g/mol. The van der Waals surface area contributed by atoms with Gasteiger partial charge in [-0.05, 0) is 147 Å². The van der Waals surface area contributed by atoms with Crippen LogP contribution in [0.2, 0.25) is 0 Å². The van der Waals surface area contributed by atoms with Crippen LogP contribution in [0.4, 0.5) is 73.9 Å². The van der Waals surface area contributed by atoms with Crippen LogP contribution in [-0.2, 0) is 12.8 Å². The average Bonchev–Trinajstić information content (AvgIpc) is 3.68. The Balaban J connectivity index is 1.07. The third-order valence-corrected chi connectivity index (χ3v) is 15.0. The smallest absolute Gasteiger partial charge is 0.134 e. The highest BCUT2D eigenvalue weighted by atomic mass is 16.5. The van der Waals surface area contributed by atoms with Gasteiger partial charge in [0.05, 0.1) is 28.4 Å². The SMILES string of the molecule is c1ccc(Oc2cc(N(c3ccccc3)c3cccc(N(c4cc(N(c5ccccc5)c5ccccc5)cc(N(c5ccccc5)c5ccccc5)c4)c4ccccc4-c4ccccc4)c3)c3c4c2CCCN4CCC3)cc1. The lowest BCUT2D eigenvalue weighted by Crippen LogP contribution is -2.35. The second-order valence-electron chi connectivity index (χ2n) is 19.9. The summed E-state index contributed by atoms with van der Waals surface area (Å²) in [6.45, 7) is 2.09. The van der Waals surface area contributed by atoms with Crippen molar-refractivity contribution >= 4 is 73.9 Å². The number of rotatable bonds is 15. The van der Waals surface area contributed by atoms with E-state index < -0.39 is 0 Å². The third kappa shape index (κ3) is 9.61. The van der Waals surface area contributed by atoms with Crippen LogP contribution >= 0.6 is 0 Å². The second-order valence-corrected chi connectivity index (χ2v) is 19.9. The molecule has 0 saturated carbocycles. The predicted molar refractivity (Wildman–Crippen MR) is 326 cm³/mol. The maximum atomic E-state index is 6.96. The Kier molecular flexibility index (Phi) is 13.4. The molecule has 2 aliphatic heterocycles. The van der Waals surface area contributed by atoms with Gasteiger partial charge in [0.2, 0.25) is 0 Å². The molecule has 0 bridgehead atoms. The van der Waals surface area contributed by atoms with Crippen LogP contribution < -0.4 is 29.2 Å². The first-order valence-corrected chi connectivity index (χ1v) is 27.2. The Morgan fingerprint density at radius 2 is 0.667 bits per heavy atom. The van der Waals surface area contributed by atoms with E-state index >= 15 is 0 Å². The largest absolute Gasteiger partial charge is 0.457 e. The van der Waals surface area contributed by atoms with E-state index in [1.165, 1.54) is 16.8 Å². The molecule has 13 rings (SSSR count). The van der Waals surface area contributed by atoms with Crippen LogP contribution in [0, 0.1) is 0 Å². The van der Waals surface area contributed by atoms with Crippen LogP contribution in [0.15, 0.2) is 285 Å². The highest BCUT2D eigenvalue weighted by molar-refractivity contribution is 5.95. The van der Waals surface area contributed by atoms with Gasteiger partial charge in [0.25, 0.3) is 0 Å². The molecule has 0 saturated heterocycles. The molecule has 0 spiro atoms. The summed E-state index contributed by atoms with van der Waals surface area (Å²) in [5.74, 6) is 1.76. The number of benzene rings is 11. The van der Waals surface area contributed by atoms with E-state index in [2.05, 4.69) is 304 Å². The van der Waals surface area contributed by atoms with Gasteiger partial charge in [0.1, 0.15) is 11.5 Å². The molecule has 11 aromatic rings. The van der Waals surface area contributed by atoms with Gasteiger partial charge >= 0.3 is 0 Å². The summed E-state index contributed by atoms with van der Waals surface area (Å²) in [4.78, 5) is 12.3. The van der Waals surface area contributed by atoms with Crippen molar-refractivity contribution in [1.82, 2.24) is 0 Å². The second kappa shape index (κ2) is 21.8. The fourth-order valence-electron chi connectivity index (χ4n) is 11.6. The number of nitrogens with zero attached hydrogens (tertiary/aromatic N) is 5. The Morgan fingerprint density at radius 3 is 1.17 bits per heavy atom. The van der Waals surface area contributed by atoms with Crippen molar-refractivity contribution in [1.29, 1.82) is 0 Å². The van der Waals surface area contributed by atoms with Gasteiger partial charge in [-0.3, -0.25) is 0 Å². The molecule has 2 aliphatic rings. The van der Waals surface area contributed by atoms with Crippen molar-refractivity contribution in [3.63, 3.8) is 0 Å². The van der Waals surface area contributed by atoms with Crippen molar-refractivity contribution in [2.45, 2.75) is 25.7 Å². The molecule has 0 atom stereocenters. The molecule has 0 amide bonds. The number of hydrogen-bond acceptors (Lipinski definition) is 6. The van der Waals surface area contributed by atoms with E-state index in [-0.39, 0.29) is 0 Å². The standard InChI is InChI=1S/C72H59N5O/c1-8-27-54(28-9-1)66-43-22-23-46-69(66)77(64-51-62(74(55-29-10-2-11-30-55)56-31-12-3-13-32-56)50-63(52-64)75(57-33-14-4-15-34-57)58-35-16-5-17-36-58)61-40-24-39-60(49-61)76(59-37-18-6-19-38-59)70-53-71(78-65-41-20-7-21-42-65)68-45-26-48-73-47-25-44-67(70)72(68)73/h1-24,27-43,46,49-53H,25-26,44-45,47-48H2. The summed E-state index contributed by atoms with van der Waals surface area (Å²) < 4.78 is 6.96. The molecule has 378 valence electrons. The average molecular weight is 1010 g/mol. The molecular formula is C72H59N5O. The zero-order valence-electron chi connectivity index (χ0n) is 43.5. The van der Waals surface area contributed by atoms with Crippen LogP contribution in [0.25, 0.3) is 11.1 Å². The van der Waals surface area contributed by atoms with E-state index in [0.29, 0.717) is 0 Å². The zero-order chi connectivity index (χ0) is 52.0. The Labute approximate surface area is 458 Å². The molecule has 0 fully saturated rings. The topological polar surface area (TPSA) is 25.4 Å². The van der Waals surface area contributed by atoms with E-state index in [4.69, 9.17) is 4.74 Å². The van der Waals surface area contributed by atoms with Crippen molar-refractivity contribution in [3.8, 4) is 22.6 Å². The minimum absolute atomic E-state index is 0.839. The normalized spacial score (nSPS) is 12.5. The van der Waals surface area contributed by atoms with Gasteiger partial charge in [-0.25, -0.2) is 0 Å². The van der Waals surface area contributed by atoms with Crippen LogP contribution in [0.1, 0.15) is 24.0 Å². The Morgan fingerprint density at radius 1 is 0.295 bits per heavy atom. The summed E-state index contributed by atoms with van der Waals surface area (Å²) in [6.07, 6.45) is 4.16. The highest BCUT2D eigenvalue weighted by Crippen LogP contribution is 2.52. The van der Waals surface area contributed by atoms with E-state index in [9.17, 15) is 0 Å². The quantitative estimate of drug-likeness (QED) is 0.102.